The smallest absolute Gasteiger partial charge is 0.335 e. The first kappa shape index (κ1) is 12.8. The van der Waals surface area contributed by atoms with Crippen LogP contribution in [0.1, 0.15) is 16.1 Å². The van der Waals surface area contributed by atoms with Crippen molar-refractivity contribution in [2.75, 3.05) is 13.6 Å². The van der Waals surface area contributed by atoms with E-state index < -0.39 is 11.9 Å². The maximum atomic E-state index is 11.0. The molecule has 6 nitrogen and oxygen atoms in total. The Morgan fingerprint density at radius 1 is 1.32 bits per heavy atom. The third kappa shape index (κ3) is 2.62. The summed E-state index contributed by atoms with van der Waals surface area (Å²) in [7, 11) is 1.79. The van der Waals surface area contributed by atoms with Crippen LogP contribution in [0.5, 0.6) is 0 Å². The van der Waals surface area contributed by atoms with E-state index in [4.69, 9.17) is 10.2 Å². The Morgan fingerprint density at radius 2 is 2.05 bits per heavy atom. The molecule has 0 bridgehead atoms. The largest absolute Gasteiger partial charge is 0.478 e. The fourth-order valence-electron chi connectivity index (χ4n) is 1.77. The molecule has 1 aliphatic heterocycles. The first-order valence-electron chi connectivity index (χ1n) is 5.55. The van der Waals surface area contributed by atoms with E-state index in [-0.39, 0.29) is 11.1 Å². The number of pyridine rings is 1. The fraction of sp³-hybridized carbons (Fsp3) is 0.154. The third-order valence-electron chi connectivity index (χ3n) is 2.80. The van der Waals surface area contributed by atoms with Crippen LogP contribution < -0.4 is 0 Å². The number of carbonyl (C=O) groups is 2. The minimum absolute atomic E-state index is 0.116. The number of nitrogens with zero attached hydrogens (tertiary/aromatic N) is 2. The molecule has 2 rings (SSSR count). The van der Waals surface area contributed by atoms with Gasteiger partial charge in [-0.1, -0.05) is 6.08 Å². The van der Waals surface area contributed by atoms with Crippen molar-refractivity contribution in [1.82, 2.24) is 9.88 Å². The predicted molar refractivity (Wildman–Crippen MR) is 67.5 cm³/mol. The number of carboxylic acids is 2. The van der Waals surface area contributed by atoms with E-state index >= 15 is 0 Å². The van der Waals surface area contributed by atoms with E-state index in [0.29, 0.717) is 17.9 Å². The molecule has 6 heteroatoms. The van der Waals surface area contributed by atoms with Crippen molar-refractivity contribution >= 4 is 17.6 Å². The lowest BCUT2D eigenvalue weighted by atomic mass is 10.1. The van der Waals surface area contributed by atoms with Gasteiger partial charge in [-0.15, -0.1) is 0 Å². The van der Waals surface area contributed by atoms with Gasteiger partial charge < -0.3 is 15.1 Å². The summed E-state index contributed by atoms with van der Waals surface area (Å²) in [5.74, 6) is -2.06. The minimum atomic E-state index is -1.04. The molecule has 0 saturated heterocycles. The van der Waals surface area contributed by atoms with Gasteiger partial charge in [0.2, 0.25) is 0 Å². The van der Waals surface area contributed by atoms with Crippen molar-refractivity contribution in [3.63, 3.8) is 0 Å². The van der Waals surface area contributed by atoms with Crippen molar-refractivity contribution in [1.29, 1.82) is 0 Å². The second-order valence-electron chi connectivity index (χ2n) is 4.11. The van der Waals surface area contributed by atoms with Gasteiger partial charge in [0.1, 0.15) is 0 Å². The molecule has 1 aromatic rings. The van der Waals surface area contributed by atoms with Gasteiger partial charge in [0, 0.05) is 19.8 Å². The summed E-state index contributed by atoms with van der Waals surface area (Å²) in [5.41, 5.74) is 1.32. The van der Waals surface area contributed by atoms with Gasteiger partial charge in [-0.3, -0.25) is 4.98 Å². The molecule has 0 radical (unpaired) electrons. The van der Waals surface area contributed by atoms with Gasteiger partial charge in [0.15, 0.2) is 0 Å². The SMILES string of the molecule is CN1CC=C(C(=O)O)C=C1c1cc(C(=O)O)ccn1. The highest BCUT2D eigenvalue weighted by Gasteiger charge is 2.18. The molecule has 19 heavy (non-hydrogen) atoms. The molecule has 1 aromatic heterocycles. The Kier molecular flexibility index (Phi) is 3.33. The Balaban J connectivity index is 2.44. The van der Waals surface area contributed by atoms with Crippen LogP contribution in [0.4, 0.5) is 0 Å². The molecule has 2 heterocycles. The van der Waals surface area contributed by atoms with Crippen LogP contribution >= 0.6 is 0 Å². The normalized spacial score (nSPS) is 14.7. The monoisotopic (exact) mass is 260 g/mol. The van der Waals surface area contributed by atoms with Gasteiger partial charge >= 0.3 is 11.9 Å². The molecule has 0 spiro atoms. The number of carboxylic acid groups (broad SMARTS) is 2. The van der Waals surface area contributed by atoms with Crippen LogP contribution in [0, 0.1) is 0 Å². The Hall–Kier alpha value is -2.63. The summed E-state index contributed by atoms with van der Waals surface area (Å²) < 4.78 is 0. The van der Waals surface area contributed by atoms with Crippen molar-refractivity contribution in [2.24, 2.45) is 0 Å². The second-order valence-corrected chi connectivity index (χ2v) is 4.11. The lowest BCUT2D eigenvalue weighted by Gasteiger charge is -2.24. The number of likely N-dealkylation sites (N-methyl/N-ethyl adjacent to an activating group) is 1. The van der Waals surface area contributed by atoms with Crippen molar-refractivity contribution in [3.05, 3.63) is 47.3 Å². The summed E-state index contributed by atoms with van der Waals surface area (Å²) in [6.45, 7) is 0.437. The average molecular weight is 260 g/mol. The van der Waals surface area contributed by atoms with E-state index in [2.05, 4.69) is 4.98 Å². The van der Waals surface area contributed by atoms with E-state index in [0.717, 1.165) is 0 Å². The molecule has 0 unspecified atom stereocenters. The average Bonchev–Trinajstić information content (AvgIpc) is 2.39. The van der Waals surface area contributed by atoms with Crippen LogP contribution in [0.3, 0.4) is 0 Å². The van der Waals surface area contributed by atoms with Crippen LogP contribution in [0.2, 0.25) is 0 Å². The van der Waals surface area contributed by atoms with Crippen LogP contribution in [-0.2, 0) is 4.79 Å². The van der Waals surface area contributed by atoms with Gasteiger partial charge in [-0.05, 0) is 18.2 Å². The molecule has 0 aliphatic carbocycles. The number of rotatable bonds is 3. The molecule has 0 fully saturated rings. The zero-order valence-electron chi connectivity index (χ0n) is 10.2. The van der Waals surface area contributed by atoms with Gasteiger partial charge in [0.25, 0.3) is 0 Å². The van der Waals surface area contributed by atoms with Crippen molar-refractivity contribution in [3.8, 4) is 0 Å². The van der Waals surface area contributed by atoms with Gasteiger partial charge in [-0.2, -0.15) is 0 Å². The van der Waals surface area contributed by atoms with Crippen LogP contribution in [0.25, 0.3) is 5.70 Å². The molecule has 0 saturated carbocycles. The maximum absolute atomic E-state index is 11.0. The topological polar surface area (TPSA) is 90.7 Å². The summed E-state index contributed by atoms with van der Waals surface area (Å²) in [6.07, 6.45) is 4.47. The van der Waals surface area contributed by atoms with Gasteiger partial charge in [-0.25, -0.2) is 9.59 Å². The molecule has 2 N–H and O–H groups in total. The third-order valence-corrected chi connectivity index (χ3v) is 2.80. The minimum Gasteiger partial charge on any atom is -0.478 e. The van der Waals surface area contributed by atoms with E-state index in [1.807, 2.05) is 0 Å². The van der Waals surface area contributed by atoms with E-state index in [9.17, 15) is 9.59 Å². The number of aliphatic carboxylic acids is 1. The highest BCUT2D eigenvalue weighted by atomic mass is 16.4. The zero-order valence-corrected chi connectivity index (χ0v) is 10.2. The van der Waals surface area contributed by atoms with E-state index in [1.54, 1.807) is 18.0 Å². The molecule has 0 amide bonds. The molecular weight excluding hydrogens is 248 g/mol. The predicted octanol–water partition coefficient (Wildman–Crippen LogP) is 1.08. The first-order valence-corrected chi connectivity index (χ1v) is 5.55. The van der Waals surface area contributed by atoms with Crippen LogP contribution in [0.15, 0.2) is 36.1 Å². The fourth-order valence-corrected chi connectivity index (χ4v) is 1.77. The summed E-state index contributed by atoms with van der Waals surface area (Å²) in [6, 6.07) is 2.82. The van der Waals surface area contributed by atoms with E-state index in [1.165, 1.54) is 24.4 Å². The van der Waals surface area contributed by atoms with Gasteiger partial charge in [0.05, 0.1) is 22.5 Å². The van der Waals surface area contributed by atoms with Crippen molar-refractivity contribution < 1.29 is 19.8 Å². The lowest BCUT2D eigenvalue weighted by molar-refractivity contribution is -0.132. The molecule has 0 atom stereocenters. The zero-order chi connectivity index (χ0) is 14.0. The number of hydrogen-bond acceptors (Lipinski definition) is 4. The maximum Gasteiger partial charge on any atom is 0.335 e. The van der Waals surface area contributed by atoms with Crippen LogP contribution in [-0.4, -0.2) is 45.6 Å². The standard InChI is InChI=1S/C13H12N2O4/c1-15-5-3-9(13(18)19)7-11(15)10-6-8(12(16)17)2-4-14-10/h2-4,6-7H,5H2,1H3,(H,16,17)(H,18,19). The Bertz CT molecular complexity index is 604. The molecule has 1 aliphatic rings. The number of aromatic nitrogens is 1. The molecular formula is C13H12N2O4. The number of hydrogen-bond donors (Lipinski definition) is 2. The lowest BCUT2D eigenvalue weighted by Crippen LogP contribution is -2.22. The Morgan fingerprint density at radius 3 is 2.68 bits per heavy atom. The first-order chi connectivity index (χ1) is 8.99. The molecule has 98 valence electrons. The summed E-state index contributed by atoms with van der Waals surface area (Å²) >= 11 is 0. The van der Waals surface area contributed by atoms with Crippen molar-refractivity contribution in [2.45, 2.75) is 0 Å². The summed E-state index contributed by atoms with van der Waals surface area (Å²) in [5, 5.41) is 17.9. The second kappa shape index (κ2) is 4.93. The summed E-state index contributed by atoms with van der Waals surface area (Å²) in [4.78, 5) is 27.8. The quantitative estimate of drug-likeness (QED) is 0.845. The number of aromatic carboxylic acids is 1. The highest BCUT2D eigenvalue weighted by molar-refractivity contribution is 5.93. The highest BCUT2D eigenvalue weighted by Crippen LogP contribution is 2.22. The molecule has 0 aromatic carbocycles. The Labute approximate surface area is 109 Å².